The number of aliphatic carboxylic acids is 1. The van der Waals surface area contributed by atoms with Crippen LogP contribution in [-0.2, 0) is 14.4 Å². The van der Waals surface area contributed by atoms with Crippen molar-refractivity contribution in [3.8, 4) is 11.1 Å². The molecule has 5 N–H and O–H groups in total. The highest BCUT2D eigenvalue weighted by atomic mass is 16.4. The van der Waals surface area contributed by atoms with E-state index >= 15 is 0 Å². The van der Waals surface area contributed by atoms with Crippen molar-refractivity contribution in [2.24, 2.45) is 5.73 Å². The van der Waals surface area contributed by atoms with Crippen LogP contribution in [0.15, 0.2) is 54.6 Å². The number of carboxylic acids is 1. The predicted molar refractivity (Wildman–Crippen MR) is 140 cm³/mol. The van der Waals surface area contributed by atoms with Gasteiger partial charge in [0.2, 0.25) is 11.8 Å². The van der Waals surface area contributed by atoms with Gasteiger partial charge in [-0.15, -0.1) is 0 Å². The smallest absolute Gasteiger partial charge is 0.303 e. The summed E-state index contributed by atoms with van der Waals surface area (Å²) in [7, 11) is 0. The summed E-state index contributed by atoms with van der Waals surface area (Å²) in [6.07, 6.45) is 1.80. The number of carbonyl (C=O) groups excluding carboxylic acids is 2. The zero-order valence-electron chi connectivity index (χ0n) is 20.6. The number of carbonyl (C=O) groups is 3. The molecule has 0 bridgehead atoms. The van der Waals surface area contributed by atoms with Crippen LogP contribution in [0.2, 0.25) is 0 Å². The summed E-state index contributed by atoms with van der Waals surface area (Å²) in [5.74, 6) is -2.11. The van der Waals surface area contributed by atoms with E-state index in [1.807, 2.05) is 61.5 Å². The molecule has 1 aromatic heterocycles. The zero-order chi connectivity index (χ0) is 25.9. The van der Waals surface area contributed by atoms with Crippen LogP contribution in [-0.4, -0.2) is 47.5 Å². The number of benzene rings is 2. The summed E-state index contributed by atoms with van der Waals surface area (Å²) in [4.78, 5) is 41.5. The zero-order valence-corrected chi connectivity index (χ0v) is 20.6. The summed E-state index contributed by atoms with van der Waals surface area (Å²) >= 11 is 0. The SMILES string of the molecule is Cc1nc2ccccc2c(-c2ccccc2)c1C(CNC(=O)CCCC(=O)O)C(=O)NCCCCN. The van der Waals surface area contributed by atoms with Gasteiger partial charge in [-0.2, -0.15) is 0 Å². The molecule has 1 unspecified atom stereocenters. The number of nitrogens with one attached hydrogen (secondary N) is 2. The predicted octanol–water partition coefficient (Wildman–Crippen LogP) is 3.52. The number of para-hydroxylation sites is 1. The lowest BCUT2D eigenvalue weighted by Gasteiger charge is -2.24. The first kappa shape index (κ1) is 26.8. The molecule has 0 aliphatic carbocycles. The van der Waals surface area contributed by atoms with Gasteiger partial charge in [-0.25, -0.2) is 0 Å². The van der Waals surface area contributed by atoms with Gasteiger partial charge >= 0.3 is 5.97 Å². The number of nitrogens with two attached hydrogens (primary N) is 1. The van der Waals surface area contributed by atoms with Crippen molar-refractivity contribution in [2.75, 3.05) is 19.6 Å². The quantitative estimate of drug-likeness (QED) is 0.271. The van der Waals surface area contributed by atoms with Gasteiger partial charge in [-0.05, 0) is 55.5 Å². The standard InChI is InChI=1S/C28H34N4O4/c1-19-26(27(20-10-3-2-4-11-20)21-12-5-6-13-23(21)32-19)22(28(36)30-17-8-7-16-29)18-31-24(33)14-9-15-25(34)35/h2-6,10-13,22H,7-9,14-18,29H2,1H3,(H,30,36)(H,31,33)(H,34,35). The summed E-state index contributed by atoms with van der Waals surface area (Å²) in [6, 6.07) is 17.7. The summed E-state index contributed by atoms with van der Waals surface area (Å²) in [6.45, 7) is 3.00. The number of carboxylic acid groups (broad SMARTS) is 1. The molecular formula is C28H34N4O4. The monoisotopic (exact) mass is 490 g/mol. The Labute approximate surface area is 211 Å². The minimum absolute atomic E-state index is 0.0787. The van der Waals surface area contributed by atoms with Crippen molar-refractivity contribution in [2.45, 2.75) is 44.9 Å². The van der Waals surface area contributed by atoms with Crippen LogP contribution in [0.5, 0.6) is 0 Å². The second-order valence-electron chi connectivity index (χ2n) is 8.76. The first-order valence-electron chi connectivity index (χ1n) is 12.3. The van der Waals surface area contributed by atoms with Crippen LogP contribution in [0.4, 0.5) is 0 Å². The first-order chi connectivity index (χ1) is 17.4. The Hall–Kier alpha value is -3.78. The minimum atomic E-state index is -0.942. The molecule has 0 fully saturated rings. The number of aromatic nitrogens is 1. The highest BCUT2D eigenvalue weighted by Gasteiger charge is 2.28. The average Bonchev–Trinajstić information content (AvgIpc) is 2.87. The fourth-order valence-corrected chi connectivity index (χ4v) is 4.33. The third-order valence-electron chi connectivity index (χ3n) is 6.08. The Balaban J connectivity index is 2.00. The highest BCUT2D eigenvalue weighted by molar-refractivity contribution is 5.99. The molecule has 2 aromatic carbocycles. The average molecular weight is 491 g/mol. The molecule has 0 aliphatic heterocycles. The number of amides is 2. The molecule has 0 radical (unpaired) electrons. The number of unbranched alkanes of at least 4 members (excludes halogenated alkanes) is 1. The molecule has 8 heteroatoms. The van der Waals surface area contributed by atoms with Gasteiger partial charge in [-0.3, -0.25) is 19.4 Å². The Morgan fingerprint density at radius 1 is 0.944 bits per heavy atom. The molecule has 36 heavy (non-hydrogen) atoms. The van der Waals surface area contributed by atoms with Crippen LogP contribution < -0.4 is 16.4 Å². The summed E-state index contributed by atoms with van der Waals surface area (Å²) in [5, 5.41) is 15.6. The van der Waals surface area contributed by atoms with E-state index in [1.165, 1.54) is 0 Å². The van der Waals surface area contributed by atoms with E-state index in [0.717, 1.165) is 46.1 Å². The fourth-order valence-electron chi connectivity index (χ4n) is 4.33. The third-order valence-corrected chi connectivity index (χ3v) is 6.08. The van der Waals surface area contributed by atoms with Gasteiger partial charge in [0.25, 0.3) is 0 Å². The Morgan fingerprint density at radius 3 is 2.39 bits per heavy atom. The van der Waals surface area contributed by atoms with Crippen molar-refractivity contribution in [1.29, 1.82) is 0 Å². The molecule has 0 spiro atoms. The largest absolute Gasteiger partial charge is 0.481 e. The maximum atomic E-state index is 13.5. The normalized spacial score (nSPS) is 11.7. The van der Waals surface area contributed by atoms with Gasteiger partial charge in [0.15, 0.2) is 0 Å². The Morgan fingerprint density at radius 2 is 1.67 bits per heavy atom. The van der Waals surface area contributed by atoms with E-state index in [-0.39, 0.29) is 37.6 Å². The second kappa shape index (κ2) is 13.3. The lowest BCUT2D eigenvalue weighted by Crippen LogP contribution is -2.38. The van der Waals surface area contributed by atoms with E-state index in [0.29, 0.717) is 13.1 Å². The fraction of sp³-hybridized carbons (Fsp3) is 0.357. The summed E-state index contributed by atoms with van der Waals surface area (Å²) in [5.41, 5.74) is 9.78. The lowest BCUT2D eigenvalue weighted by atomic mass is 9.86. The van der Waals surface area contributed by atoms with Crippen LogP contribution >= 0.6 is 0 Å². The van der Waals surface area contributed by atoms with Crippen LogP contribution in [0.1, 0.15) is 49.3 Å². The third kappa shape index (κ3) is 7.11. The van der Waals surface area contributed by atoms with Gasteiger partial charge < -0.3 is 21.5 Å². The van der Waals surface area contributed by atoms with E-state index < -0.39 is 11.9 Å². The second-order valence-corrected chi connectivity index (χ2v) is 8.76. The number of nitrogens with zero attached hydrogens (tertiary/aromatic N) is 1. The van der Waals surface area contributed by atoms with Crippen molar-refractivity contribution >= 4 is 28.7 Å². The molecule has 3 rings (SSSR count). The highest BCUT2D eigenvalue weighted by Crippen LogP contribution is 2.37. The van der Waals surface area contributed by atoms with Crippen molar-refractivity contribution in [3.63, 3.8) is 0 Å². The molecule has 8 nitrogen and oxygen atoms in total. The molecule has 0 saturated carbocycles. The molecular weight excluding hydrogens is 456 g/mol. The minimum Gasteiger partial charge on any atom is -0.481 e. The maximum absolute atomic E-state index is 13.5. The molecule has 0 aliphatic rings. The van der Waals surface area contributed by atoms with Crippen LogP contribution in [0.25, 0.3) is 22.0 Å². The molecule has 190 valence electrons. The first-order valence-corrected chi connectivity index (χ1v) is 12.3. The Kier molecular flexibility index (Phi) is 9.94. The molecule has 0 saturated heterocycles. The Bertz CT molecular complexity index is 1200. The van der Waals surface area contributed by atoms with E-state index in [9.17, 15) is 14.4 Å². The lowest BCUT2D eigenvalue weighted by molar-refractivity contribution is -0.137. The summed E-state index contributed by atoms with van der Waals surface area (Å²) < 4.78 is 0. The van der Waals surface area contributed by atoms with Crippen molar-refractivity contribution in [3.05, 3.63) is 65.9 Å². The van der Waals surface area contributed by atoms with Gasteiger partial charge in [0.05, 0.1) is 11.4 Å². The molecule has 2 amide bonds. The van der Waals surface area contributed by atoms with Crippen molar-refractivity contribution < 1.29 is 19.5 Å². The van der Waals surface area contributed by atoms with Gasteiger partial charge in [0.1, 0.15) is 0 Å². The van der Waals surface area contributed by atoms with Crippen molar-refractivity contribution in [1.82, 2.24) is 15.6 Å². The van der Waals surface area contributed by atoms with E-state index in [1.54, 1.807) is 0 Å². The number of rotatable bonds is 13. The number of aryl methyl sites for hydroxylation is 1. The number of pyridine rings is 1. The molecule has 1 atom stereocenters. The number of fused-ring (bicyclic) bond motifs is 1. The van der Waals surface area contributed by atoms with Gasteiger partial charge in [-0.1, -0.05) is 48.5 Å². The van der Waals surface area contributed by atoms with Crippen LogP contribution in [0, 0.1) is 6.92 Å². The van der Waals surface area contributed by atoms with Crippen LogP contribution in [0.3, 0.4) is 0 Å². The molecule has 1 heterocycles. The van der Waals surface area contributed by atoms with E-state index in [4.69, 9.17) is 15.8 Å². The van der Waals surface area contributed by atoms with Gasteiger partial charge in [0, 0.05) is 37.0 Å². The topological polar surface area (TPSA) is 134 Å². The number of hydrogen-bond donors (Lipinski definition) is 4. The maximum Gasteiger partial charge on any atom is 0.303 e. The number of hydrogen-bond acceptors (Lipinski definition) is 5. The molecule has 3 aromatic rings. The van der Waals surface area contributed by atoms with E-state index in [2.05, 4.69) is 10.6 Å².